The van der Waals surface area contributed by atoms with Gasteiger partial charge in [-0.25, -0.2) is 9.59 Å². The number of carbonyl (C=O) groups is 1. The fourth-order valence-corrected chi connectivity index (χ4v) is 6.18. The van der Waals surface area contributed by atoms with Crippen molar-refractivity contribution in [3.05, 3.63) is 126 Å². The summed E-state index contributed by atoms with van der Waals surface area (Å²) < 4.78 is 0. The first-order valence-electron chi connectivity index (χ1n) is 16.6. The monoisotopic (exact) mass is 824 g/mol. The quantitative estimate of drug-likeness (QED) is 0.0939. The summed E-state index contributed by atoms with van der Waals surface area (Å²) in [5.74, 6) is 0. The van der Waals surface area contributed by atoms with Crippen molar-refractivity contribution < 1.29 is 19.8 Å². The third-order valence-corrected chi connectivity index (χ3v) is 10.5. The summed E-state index contributed by atoms with van der Waals surface area (Å²) in [5, 5.41) is 29.6. The Bertz CT molecular complexity index is 1840. The molecule has 2 atom stereocenters. The number of nitrogens with one attached hydrogen (secondary N) is 2. The first kappa shape index (κ1) is 41.9. The van der Waals surface area contributed by atoms with E-state index < -0.39 is 12.2 Å². The minimum atomic E-state index is -0.851. The summed E-state index contributed by atoms with van der Waals surface area (Å²) >= 11 is 35.2. The third-order valence-electron chi connectivity index (χ3n) is 8.57. The van der Waals surface area contributed by atoms with Crippen LogP contribution in [0.5, 0.6) is 0 Å². The van der Waals surface area contributed by atoms with E-state index in [9.17, 15) is 19.8 Å². The number of amides is 2. The number of rotatable bonds is 10. The molecule has 2 saturated carbocycles. The lowest BCUT2D eigenvalue weighted by molar-refractivity contribution is 0.0840. The number of anilines is 1. The van der Waals surface area contributed by atoms with Gasteiger partial charge < -0.3 is 25.7 Å². The van der Waals surface area contributed by atoms with Gasteiger partial charge >= 0.3 is 6.03 Å². The molecule has 2 fully saturated rings. The van der Waals surface area contributed by atoms with Gasteiger partial charge in [0.25, 0.3) is 0 Å². The van der Waals surface area contributed by atoms with E-state index in [2.05, 4.69) is 15.6 Å². The van der Waals surface area contributed by atoms with Crippen LogP contribution < -0.4 is 10.6 Å². The van der Waals surface area contributed by atoms with Gasteiger partial charge in [0.15, 0.2) is 0 Å². The number of hydrogen-bond donors (Lipinski definition) is 4. The van der Waals surface area contributed by atoms with E-state index in [-0.39, 0.29) is 18.6 Å². The zero-order valence-electron chi connectivity index (χ0n) is 27.9. The molecule has 276 valence electrons. The number of urea groups is 1. The molecule has 0 aliphatic heterocycles. The molecule has 52 heavy (non-hydrogen) atoms. The lowest BCUT2D eigenvalue weighted by Crippen LogP contribution is -2.48. The van der Waals surface area contributed by atoms with E-state index in [1.54, 1.807) is 89.8 Å². The second-order valence-corrected chi connectivity index (χ2v) is 14.8. The van der Waals surface area contributed by atoms with E-state index in [1.165, 1.54) is 25.3 Å². The van der Waals surface area contributed by atoms with Crippen LogP contribution in [0.4, 0.5) is 16.2 Å². The molecule has 2 aliphatic rings. The third kappa shape index (κ3) is 13.2. The molecule has 0 heterocycles. The van der Waals surface area contributed by atoms with Crippen LogP contribution in [0.15, 0.2) is 89.9 Å². The van der Waals surface area contributed by atoms with Crippen LogP contribution in [0.2, 0.25) is 30.1 Å². The van der Waals surface area contributed by atoms with E-state index in [4.69, 9.17) is 69.6 Å². The van der Waals surface area contributed by atoms with Gasteiger partial charge in [-0.3, -0.25) is 0 Å². The molecule has 2 amide bonds. The van der Waals surface area contributed by atoms with Gasteiger partial charge in [0.1, 0.15) is 0 Å². The molecule has 6 rings (SSSR count). The Morgan fingerprint density at radius 2 is 1.33 bits per heavy atom. The van der Waals surface area contributed by atoms with Crippen LogP contribution >= 0.6 is 69.6 Å². The maximum atomic E-state index is 12.8. The number of halogens is 6. The van der Waals surface area contributed by atoms with Crippen molar-refractivity contribution in [3.8, 4) is 0 Å². The van der Waals surface area contributed by atoms with Crippen LogP contribution in [0, 0.1) is 0 Å². The minimum absolute atomic E-state index is 0.117. The number of benzene rings is 4. The normalized spacial score (nSPS) is 14.8. The maximum absolute atomic E-state index is 12.8. The number of hydrogen-bond acceptors (Lipinski definition) is 6. The highest BCUT2D eigenvalue weighted by Gasteiger charge is 2.31. The van der Waals surface area contributed by atoms with Gasteiger partial charge in [-0.15, -0.1) is 0 Å². The lowest BCUT2D eigenvalue weighted by atomic mass is 9.91. The zero-order chi connectivity index (χ0) is 37.6. The summed E-state index contributed by atoms with van der Waals surface area (Å²) in [4.78, 5) is 27.6. The van der Waals surface area contributed by atoms with Gasteiger partial charge in [0, 0.05) is 34.4 Å². The van der Waals surface area contributed by atoms with E-state index in [0.717, 1.165) is 24.8 Å². The summed E-state index contributed by atoms with van der Waals surface area (Å²) in [6, 6.07) is 24.4. The standard InChI is InChI=1S/C19H19Cl3N2O2.C12H15Cl2NO.C7H4ClNO/c20-13-3-1-4-14(10-13)23-19(26)24(15-5-2-6-15)11-18(25)12-7-8-16(21)17(22)9-12;13-10-5-4-8(6-11(10)14)12(16)7-15-9-2-1-3-9;8-6-2-1-3-7(4-6)9-5-10/h1,3-4,7-10,15,18,25H,2,5-6,11H2,(H,23,26);4-6,9,12,15-16H,1-3,7H2;1-4H/t18-;12-;/m11./s1. The molecule has 14 heteroatoms. The number of aliphatic hydroxyl groups excluding tert-OH is 2. The van der Waals surface area contributed by atoms with Crippen molar-refractivity contribution in [2.75, 3.05) is 18.4 Å². The fraction of sp³-hybridized carbons (Fsp3) is 0.316. The molecule has 0 unspecified atom stereocenters. The number of isocyanates is 1. The van der Waals surface area contributed by atoms with E-state index in [1.807, 2.05) is 0 Å². The molecule has 0 aromatic heterocycles. The Labute approximate surface area is 333 Å². The number of carbonyl (C=O) groups excluding carboxylic acids is 2. The Hall–Kier alpha value is -2.85. The maximum Gasteiger partial charge on any atom is 0.322 e. The molecule has 2 aliphatic carbocycles. The van der Waals surface area contributed by atoms with Crippen molar-refractivity contribution in [2.45, 2.75) is 62.8 Å². The van der Waals surface area contributed by atoms with Crippen molar-refractivity contribution >= 4 is 93.1 Å². The smallest absolute Gasteiger partial charge is 0.322 e. The van der Waals surface area contributed by atoms with Gasteiger partial charge in [-0.05, 0) is 104 Å². The first-order chi connectivity index (χ1) is 24.9. The average Bonchev–Trinajstić information content (AvgIpc) is 3.06. The van der Waals surface area contributed by atoms with Gasteiger partial charge in [0.2, 0.25) is 6.08 Å². The Morgan fingerprint density at radius 3 is 1.83 bits per heavy atom. The van der Waals surface area contributed by atoms with Crippen molar-refractivity contribution in [1.29, 1.82) is 0 Å². The summed E-state index contributed by atoms with van der Waals surface area (Å²) in [6.07, 6.45) is 6.72. The largest absolute Gasteiger partial charge is 0.387 e. The average molecular weight is 827 g/mol. The molecule has 4 N–H and O–H groups in total. The zero-order valence-corrected chi connectivity index (χ0v) is 32.5. The molecule has 4 aromatic carbocycles. The minimum Gasteiger partial charge on any atom is -0.387 e. The van der Waals surface area contributed by atoms with Gasteiger partial charge in [0.05, 0.1) is 44.5 Å². The highest BCUT2D eigenvalue weighted by Crippen LogP contribution is 2.31. The highest BCUT2D eigenvalue weighted by atomic mass is 35.5. The molecule has 8 nitrogen and oxygen atoms in total. The van der Waals surface area contributed by atoms with Crippen LogP contribution in [0.3, 0.4) is 0 Å². The van der Waals surface area contributed by atoms with Crippen LogP contribution in [0.1, 0.15) is 61.9 Å². The van der Waals surface area contributed by atoms with E-state index >= 15 is 0 Å². The van der Waals surface area contributed by atoms with Crippen molar-refractivity contribution in [3.63, 3.8) is 0 Å². The number of aliphatic hydroxyl groups is 2. The summed E-state index contributed by atoms with van der Waals surface area (Å²) in [6.45, 7) is 0.748. The first-order valence-corrected chi connectivity index (χ1v) is 18.9. The molecule has 4 aromatic rings. The predicted octanol–water partition coefficient (Wildman–Crippen LogP) is 11.2. The second-order valence-electron chi connectivity index (χ2n) is 12.3. The molecular formula is C38H38Cl6N4O4. The van der Waals surface area contributed by atoms with Crippen molar-refractivity contribution in [2.24, 2.45) is 4.99 Å². The molecule has 0 saturated heterocycles. The fourth-order valence-electron chi connectivity index (χ4n) is 5.20. The highest BCUT2D eigenvalue weighted by molar-refractivity contribution is 6.42. The second kappa shape index (κ2) is 21.1. The molecule has 0 bridgehead atoms. The van der Waals surface area contributed by atoms with E-state index in [0.29, 0.717) is 59.7 Å². The number of nitrogens with zero attached hydrogens (tertiary/aromatic N) is 2. The topological polar surface area (TPSA) is 114 Å². The Balaban J connectivity index is 0.000000197. The predicted molar refractivity (Wildman–Crippen MR) is 213 cm³/mol. The number of aliphatic imine (C=N–C) groups is 1. The van der Waals surface area contributed by atoms with Crippen LogP contribution in [-0.4, -0.2) is 52.4 Å². The molecule has 0 radical (unpaired) electrons. The van der Waals surface area contributed by atoms with Crippen LogP contribution in [-0.2, 0) is 4.79 Å². The Morgan fingerprint density at radius 1 is 0.750 bits per heavy atom. The summed E-state index contributed by atoms with van der Waals surface area (Å²) in [7, 11) is 0. The molecule has 0 spiro atoms. The summed E-state index contributed by atoms with van der Waals surface area (Å²) in [5.41, 5.74) is 2.58. The SMILES string of the molecule is O=C(Nc1cccc(Cl)c1)N(C[C@@H](O)c1ccc(Cl)c(Cl)c1)C1CCC1.O=C=Nc1cccc(Cl)c1.O[C@H](CNC1CCC1)c1ccc(Cl)c(Cl)c1. The molecular weight excluding hydrogens is 789 g/mol. The van der Waals surface area contributed by atoms with Gasteiger partial charge in [-0.1, -0.05) is 100 Å². The Kier molecular flexibility index (Phi) is 17.0. The van der Waals surface area contributed by atoms with Crippen LogP contribution in [0.25, 0.3) is 0 Å². The van der Waals surface area contributed by atoms with Crippen molar-refractivity contribution in [1.82, 2.24) is 10.2 Å². The lowest BCUT2D eigenvalue weighted by Gasteiger charge is -2.38. The van der Waals surface area contributed by atoms with Gasteiger partial charge in [-0.2, -0.15) is 4.99 Å².